The smallest absolute Gasteiger partial charge is 0.0707 e. The zero-order valence-corrected chi connectivity index (χ0v) is 15.7. The highest BCUT2D eigenvalue weighted by Crippen LogP contribution is 2.06. The lowest BCUT2D eigenvalue weighted by atomic mass is 10.2. The first-order valence-corrected chi connectivity index (χ1v) is 8.16. The molecule has 0 aliphatic heterocycles. The van der Waals surface area contributed by atoms with Crippen LogP contribution < -0.4 is 0 Å². The summed E-state index contributed by atoms with van der Waals surface area (Å²) < 4.78 is 21.1. The molecular weight excluding hydrogens is 284 g/mol. The summed E-state index contributed by atoms with van der Waals surface area (Å²) in [5.74, 6) is 0. The molecule has 0 heterocycles. The van der Waals surface area contributed by atoms with Crippen molar-refractivity contribution in [2.24, 2.45) is 0 Å². The molecule has 0 aromatic rings. The van der Waals surface area contributed by atoms with Gasteiger partial charge in [0, 0.05) is 6.61 Å². The highest BCUT2D eigenvalue weighted by Gasteiger charge is 2.08. The van der Waals surface area contributed by atoms with Crippen molar-refractivity contribution in [2.75, 3.05) is 46.2 Å². The minimum absolute atomic E-state index is 0.0516. The summed E-state index contributed by atoms with van der Waals surface area (Å²) in [5, 5.41) is 8.41. The van der Waals surface area contributed by atoms with Crippen molar-refractivity contribution in [3.63, 3.8) is 0 Å². The average Bonchev–Trinajstić information content (AvgIpc) is 2.38. The molecule has 0 atom stereocenters. The molecule has 0 aromatic heterocycles. The molecule has 0 bridgehead atoms. The molecule has 0 radical (unpaired) electrons. The van der Waals surface area contributed by atoms with E-state index >= 15 is 0 Å². The van der Waals surface area contributed by atoms with E-state index in [1.54, 1.807) is 0 Å². The summed E-state index contributed by atoms with van der Waals surface area (Å²) in [7, 11) is 0. The normalized spacial score (nSPS) is 12.0. The predicted molar refractivity (Wildman–Crippen MR) is 90.4 cm³/mol. The fourth-order valence-corrected chi connectivity index (χ4v) is 1.20. The molecule has 0 aliphatic carbocycles. The molecule has 0 fully saturated rings. The Kier molecular flexibility index (Phi) is 15.7. The second-order valence-corrected chi connectivity index (χ2v) is 6.87. The molecule has 0 amide bonds. The van der Waals surface area contributed by atoms with Crippen LogP contribution in [-0.2, 0) is 18.9 Å². The Morgan fingerprint density at radius 1 is 0.636 bits per heavy atom. The Morgan fingerprint density at radius 3 is 1.41 bits per heavy atom. The molecule has 0 unspecified atom stereocenters. The van der Waals surface area contributed by atoms with Crippen LogP contribution in [0.15, 0.2) is 0 Å². The van der Waals surface area contributed by atoms with Gasteiger partial charge in [-0.15, -0.1) is 0 Å². The Labute approximate surface area is 137 Å². The lowest BCUT2D eigenvalue weighted by Gasteiger charge is -2.19. The molecule has 0 saturated carbocycles. The van der Waals surface area contributed by atoms with Crippen molar-refractivity contribution in [3.05, 3.63) is 0 Å². The summed E-state index contributed by atoms with van der Waals surface area (Å²) in [6.45, 7) is 17.9. The molecule has 5 nitrogen and oxygen atoms in total. The van der Waals surface area contributed by atoms with Gasteiger partial charge in [0.25, 0.3) is 0 Å². The number of aliphatic hydroxyl groups is 1. The van der Waals surface area contributed by atoms with Gasteiger partial charge in [-0.25, -0.2) is 0 Å². The van der Waals surface area contributed by atoms with Gasteiger partial charge in [0.1, 0.15) is 0 Å². The van der Waals surface area contributed by atoms with Crippen LogP contribution in [0.5, 0.6) is 0 Å². The maximum Gasteiger partial charge on any atom is 0.0707 e. The van der Waals surface area contributed by atoms with Crippen LogP contribution >= 0.6 is 0 Å². The second-order valence-electron chi connectivity index (χ2n) is 6.87. The van der Waals surface area contributed by atoms with E-state index in [1.165, 1.54) is 0 Å². The molecule has 136 valence electrons. The lowest BCUT2D eigenvalue weighted by molar-refractivity contribution is -0.0436. The third kappa shape index (κ3) is 28.0. The molecule has 22 heavy (non-hydrogen) atoms. The molecule has 0 rings (SSSR count). The molecule has 0 aromatic carbocycles. The standard InChI is InChI=1S/C10H22O4.C7H16O/c1-10(2,3)14-9-8-13-7-6-12-5-4-11;1-5-6-8-7(2,3)4/h11H,4-9H2,1-3H3;5-6H2,1-4H3. The first-order valence-electron chi connectivity index (χ1n) is 8.16. The van der Waals surface area contributed by atoms with E-state index in [-0.39, 0.29) is 17.8 Å². The third-order valence-electron chi connectivity index (χ3n) is 2.11. The quantitative estimate of drug-likeness (QED) is 0.627. The van der Waals surface area contributed by atoms with E-state index in [2.05, 4.69) is 27.7 Å². The Hall–Kier alpha value is -0.200. The fourth-order valence-electron chi connectivity index (χ4n) is 1.20. The van der Waals surface area contributed by atoms with Crippen LogP contribution in [0.25, 0.3) is 0 Å². The minimum atomic E-state index is -0.100. The summed E-state index contributed by atoms with van der Waals surface area (Å²) in [5.41, 5.74) is -0.0489. The van der Waals surface area contributed by atoms with Gasteiger partial charge in [-0.3, -0.25) is 0 Å². The Bertz CT molecular complexity index is 218. The highest BCUT2D eigenvalue weighted by atomic mass is 16.6. The number of hydrogen-bond donors (Lipinski definition) is 1. The predicted octanol–water partition coefficient (Wildman–Crippen LogP) is 3.04. The maximum atomic E-state index is 8.41. The lowest BCUT2D eigenvalue weighted by Crippen LogP contribution is -2.22. The summed E-state index contributed by atoms with van der Waals surface area (Å²) in [4.78, 5) is 0. The number of hydrogen-bond acceptors (Lipinski definition) is 5. The molecule has 0 saturated heterocycles. The third-order valence-corrected chi connectivity index (χ3v) is 2.11. The van der Waals surface area contributed by atoms with Crippen LogP contribution in [0.3, 0.4) is 0 Å². The largest absolute Gasteiger partial charge is 0.394 e. The van der Waals surface area contributed by atoms with E-state index < -0.39 is 0 Å². The summed E-state index contributed by atoms with van der Waals surface area (Å²) >= 11 is 0. The molecule has 5 heteroatoms. The fraction of sp³-hybridized carbons (Fsp3) is 1.00. The number of ether oxygens (including phenoxy) is 4. The summed E-state index contributed by atoms with van der Waals surface area (Å²) in [6.07, 6.45) is 1.11. The van der Waals surface area contributed by atoms with Crippen molar-refractivity contribution in [3.8, 4) is 0 Å². The molecule has 0 aliphatic rings. The van der Waals surface area contributed by atoms with Gasteiger partial charge in [-0.1, -0.05) is 6.92 Å². The van der Waals surface area contributed by atoms with Crippen molar-refractivity contribution < 1.29 is 24.1 Å². The van der Waals surface area contributed by atoms with Gasteiger partial charge in [0.2, 0.25) is 0 Å². The maximum absolute atomic E-state index is 8.41. The van der Waals surface area contributed by atoms with Crippen LogP contribution in [0, 0.1) is 0 Å². The first kappa shape index (κ1) is 24.1. The Morgan fingerprint density at radius 2 is 1.05 bits per heavy atom. The van der Waals surface area contributed by atoms with E-state index in [4.69, 9.17) is 24.1 Å². The molecule has 0 spiro atoms. The topological polar surface area (TPSA) is 57.2 Å². The van der Waals surface area contributed by atoms with Crippen molar-refractivity contribution in [1.29, 1.82) is 0 Å². The zero-order valence-electron chi connectivity index (χ0n) is 15.7. The van der Waals surface area contributed by atoms with Crippen LogP contribution in [0.4, 0.5) is 0 Å². The van der Waals surface area contributed by atoms with Gasteiger partial charge in [0.05, 0.1) is 50.8 Å². The SMILES string of the molecule is CC(C)(C)OCCOCCOCCO.CCCOC(C)(C)C. The molecule has 1 N–H and O–H groups in total. The van der Waals surface area contributed by atoms with Gasteiger partial charge < -0.3 is 24.1 Å². The number of aliphatic hydroxyl groups excluding tert-OH is 1. The highest BCUT2D eigenvalue weighted by molar-refractivity contribution is 4.58. The molecular formula is C17H38O5. The van der Waals surface area contributed by atoms with E-state index in [0.717, 1.165) is 13.0 Å². The first-order chi connectivity index (χ1) is 10.1. The van der Waals surface area contributed by atoms with Crippen molar-refractivity contribution in [1.82, 2.24) is 0 Å². The Balaban J connectivity index is 0. The van der Waals surface area contributed by atoms with Gasteiger partial charge in [-0.05, 0) is 48.0 Å². The van der Waals surface area contributed by atoms with Gasteiger partial charge >= 0.3 is 0 Å². The van der Waals surface area contributed by atoms with Crippen LogP contribution in [0.1, 0.15) is 54.9 Å². The van der Waals surface area contributed by atoms with E-state index in [9.17, 15) is 0 Å². The van der Waals surface area contributed by atoms with E-state index in [1.807, 2.05) is 20.8 Å². The average molecular weight is 322 g/mol. The summed E-state index contributed by atoms with van der Waals surface area (Å²) in [6, 6.07) is 0. The number of rotatable bonds is 10. The van der Waals surface area contributed by atoms with Gasteiger partial charge in [0.15, 0.2) is 0 Å². The monoisotopic (exact) mass is 322 g/mol. The van der Waals surface area contributed by atoms with Crippen LogP contribution in [-0.4, -0.2) is 62.6 Å². The van der Waals surface area contributed by atoms with Crippen LogP contribution in [0.2, 0.25) is 0 Å². The van der Waals surface area contributed by atoms with Gasteiger partial charge in [-0.2, -0.15) is 0 Å². The van der Waals surface area contributed by atoms with Crippen molar-refractivity contribution >= 4 is 0 Å². The van der Waals surface area contributed by atoms with E-state index in [0.29, 0.717) is 33.0 Å². The second kappa shape index (κ2) is 14.4. The zero-order chi connectivity index (χ0) is 17.5. The minimum Gasteiger partial charge on any atom is -0.394 e. The van der Waals surface area contributed by atoms with Crippen molar-refractivity contribution in [2.45, 2.75) is 66.1 Å².